The van der Waals surface area contributed by atoms with Gasteiger partial charge >= 0.3 is 0 Å². The van der Waals surface area contributed by atoms with Crippen molar-refractivity contribution < 1.29 is 0 Å². The lowest BCUT2D eigenvalue weighted by molar-refractivity contribution is 0.795. The van der Waals surface area contributed by atoms with Gasteiger partial charge in [-0.05, 0) is 12.0 Å². The summed E-state index contributed by atoms with van der Waals surface area (Å²) in [7, 11) is 0. The molecule has 0 bridgehead atoms. The van der Waals surface area contributed by atoms with Crippen molar-refractivity contribution in [2.24, 2.45) is 5.92 Å². The molecule has 64 valence electrons. The van der Waals surface area contributed by atoms with Crippen molar-refractivity contribution in [2.75, 3.05) is 0 Å². The van der Waals surface area contributed by atoms with Crippen molar-refractivity contribution in [1.82, 2.24) is 0 Å². The van der Waals surface area contributed by atoms with Gasteiger partial charge in [-0.15, -0.1) is 0 Å². The van der Waals surface area contributed by atoms with E-state index in [2.05, 4.69) is 13.2 Å². The van der Waals surface area contributed by atoms with Gasteiger partial charge in [0.15, 0.2) is 0 Å². The monoisotopic (exact) mass is 181 g/mol. The molecule has 0 rings (SSSR count). The van der Waals surface area contributed by atoms with Crippen molar-refractivity contribution in [3.05, 3.63) is 35.4 Å². The van der Waals surface area contributed by atoms with E-state index in [-0.39, 0.29) is 5.57 Å². The highest BCUT2D eigenvalue weighted by atomic mass is 35.5. The summed E-state index contributed by atoms with van der Waals surface area (Å²) in [6.07, 6.45) is 1.68. The Labute approximate surface area is 78.7 Å². The standard InChI is InChI=1S/C10H12ClN/c1-7(2)8(3)5-10(11)9(4)6-12/h5,7H,3-4H2,1-2H3/b10-5+. The first-order valence-electron chi connectivity index (χ1n) is 3.64. The SMILES string of the molecule is C=C(C#N)/C(Cl)=C\C(=C)C(C)C. The summed E-state index contributed by atoms with van der Waals surface area (Å²) < 4.78 is 0. The van der Waals surface area contributed by atoms with Crippen LogP contribution >= 0.6 is 11.6 Å². The van der Waals surface area contributed by atoms with Gasteiger partial charge in [0.25, 0.3) is 0 Å². The van der Waals surface area contributed by atoms with Crippen LogP contribution in [0.3, 0.4) is 0 Å². The lowest BCUT2D eigenvalue weighted by Gasteiger charge is -2.03. The Kier molecular flexibility index (Phi) is 4.39. The minimum absolute atomic E-state index is 0.276. The predicted octanol–water partition coefficient (Wildman–Crippen LogP) is 3.40. The molecule has 0 aromatic heterocycles. The Morgan fingerprint density at radius 3 is 2.33 bits per heavy atom. The molecule has 0 aliphatic rings. The molecule has 12 heavy (non-hydrogen) atoms. The van der Waals surface area contributed by atoms with Crippen LogP contribution in [0.15, 0.2) is 35.4 Å². The molecule has 0 fully saturated rings. The van der Waals surface area contributed by atoms with Crippen LogP contribution in [0.5, 0.6) is 0 Å². The number of halogens is 1. The van der Waals surface area contributed by atoms with E-state index in [1.165, 1.54) is 0 Å². The molecule has 0 heterocycles. The van der Waals surface area contributed by atoms with E-state index in [4.69, 9.17) is 16.9 Å². The summed E-state index contributed by atoms with van der Waals surface area (Å²) in [6, 6.07) is 1.87. The number of nitriles is 1. The lowest BCUT2D eigenvalue weighted by Crippen LogP contribution is -1.89. The topological polar surface area (TPSA) is 23.8 Å². The molecule has 2 heteroatoms. The van der Waals surface area contributed by atoms with Gasteiger partial charge in [0.1, 0.15) is 6.07 Å². The average Bonchev–Trinajstić information content (AvgIpc) is 2.02. The van der Waals surface area contributed by atoms with E-state index in [0.29, 0.717) is 11.0 Å². The molecule has 1 nitrogen and oxygen atoms in total. The average molecular weight is 182 g/mol. The van der Waals surface area contributed by atoms with Crippen molar-refractivity contribution >= 4 is 11.6 Å². The molecule has 0 saturated heterocycles. The van der Waals surface area contributed by atoms with E-state index in [9.17, 15) is 0 Å². The zero-order valence-corrected chi connectivity index (χ0v) is 8.15. The Hall–Kier alpha value is -1.00. The minimum atomic E-state index is 0.276. The van der Waals surface area contributed by atoms with Gasteiger partial charge in [0.05, 0.1) is 10.6 Å². The van der Waals surface area contributed by atoms with Crippen molar-refractivity contribution in [2.45, 2.75) is 13.8 Å². The second kappa shape index (κ2) is 4.79. The molecule has 0 unspecified atom stereocenters. The molecule has 0 N–H and O–H groups in total. The molecule has 0 aromatic rings. The van der Waals surface area contributed by atoms with Gasteiger partial charge in [-0.1, -0.05) is 44.2 Å². The molecule has 0 spiro atoms. The van der Waals surface area contributed by atoms with Crippen molar-refractivity contribution in [3.8, 4) is 6.07 Å². The lowest BCUT2D eigenvalue weighted by atomic mass is 10.0. The van der Waals surface area contributed by atoms with E-state index >= 15 is 0 Å². The van der Waals surface area contributed by atoms with Crippen LogP contribution in [0.4, 0.5) is 0 Å². The molecule has 0 saturated carbocycles. The fourth-order valence-corrected chi connectivity index (χ4v) is 0.652. The second-order valence-electron chi connectivity index (χ2n) is 2.81. The van der Waals surface area contributed by atoms with Crippen LogP contribution in [0, 0.1) is 17.2 Å². The quantitative estimate of drug-likeness (QED) is 0.484. The van der Waals surface area contributed by atoms with Crippen LogP contribution in [0.25, 0.3) is 0 Å². The van der Waals surface area contributed by atoms with Crippen LogP contribution in [0.1, 0.15) is 13.8 Å². The maximum absolute atomic E-state index is 8.45. The second-order valence-corrected chi connectivity index (χ2v) is 3.22. The third-order valence-electron chi connectivity index (χ3n) is 1.48. The highest BCUT2D eigenvalue weighted by Gasteiger charge is 2.01. The normalized spacial score (nSPS) is 11.1. The first-order chi connectivity index (χ1) is 5.49. The largest absolute Gasteiger partial charge is 0.192 e. The molecule has 0 aliphatic carbocycles. The van der Waals surface area contributed by atoms with Crippen LogP contribution in [-0.2, 0) is 0 Å². The fourth-order valence-electron chi connectivity index (χ4n) is 0.470. The molecule has 0 radical (unpaired) electrons. The van der Waals surface area contributed by atoms with Crippen molar-refractivity contribution in [3.63, 3.8) is 0 Å². The van der Waals surface area contributed by atoms with E-state index in [1.54, 1.807) is 6.08 Å². The third kappa shape index (κ3) is 3.41. The van der Waals surface area contributed by atoms with Crippen LogP contribution < -0.4 is 0 Å². The summed E-state index contributed by atoms with van der Waals surface area (Å²) in [6.45, 7) is 11.3. The molecule has 0 atom stereocenters. The first-order valence-corrected chi connectivity index (χ1v) is 4.02. The molecular formula is C10H12ClN. The molecule has 0 aliphatic heterocycles. The molecule has 0 amide bonds. The van der Waals surface area contributed by atoms with Crippen LogP contribution in [-0.4, -0.2) is 0 Å². The maximum Gasteiger partial charge on any atom is 0.100 e. The summed E-state index contributed by atoms with van der Waals surface area (Å²) in [4.78, 5) is 0. The van der Waals surface area contributed by atoms with Gasteiger partial charge in [-0.3, -0.25) is 0 Å². The number of rotatable bonds is 3. The Bertz CT molecular complexity index is 266. The molecular weight excluding hydrogens is 170 g/mol. The summed E-state index contributed by atoms with van der Waals surface area (Å²) in [5.41, 5.74) is 1.18. The summed E-state index contributed by atoms with van der Waals surface area (Å²) in [5.74, 6) is 0.338. The highest BCUT2D eigenvalue weighted by molar-refractivity contribution is 6.32. The van der Waals surface area contributed by atoms with Gasteiger partial charge in [-0.2, -0.15) is 5.26 Å². The van der Waals surface area contributed by atoms with E-state index in [1.807, 2.05) is 19.9 Å². The Morgan fingerprint density at radius 2 is 2.00 bits per heavy atom. The minimum Gasteiger partial charge on any atom is -0.192 e. The van der Waals surface area contributed by atoms with E-state index in [0.717, 1.165) is 5.57 Å². The zero-order valence-electron chi connectivity index (χ0n) is 7.39. The van der Waals surface area contributed by atoms with Gasteiger partial charge in [0.2, 0.25) is 0 Å². The van der Waals surface area contributed by atoms with Gasteiger partial charge in [0, 0.05) is 0 Å². The Balaban J connectivity index is 4.49. The first kappa shape index (κ1) is 11.0. The summed E-state index contributed by atoms with van der Waals surface area (Å²) >= 11 is 5.75. The number of hydrogen-bond acceptors (Lipinski definition) is 1. The zero-order chi connectivity index (χ0) is 9.72. The number of allylic oxidation sites excluding steroid dienone is 4. The Morgan fingerprint density at radius 1 is 1.50 bits per heavy atom. The fraction of sp³-hybridized carbons (Fsp3) is 0.300. The third-order valence-corrected chi connectivity index (χ3v) is 1.81. The molecule has 0 aromatic carbocycles. The number of hydrogen-bond donors (Lipinski definition) is 0. The van der Waals surface area contributed by atoms with Crippen LogP contribution in [0.2, 0.25) is 0 Å². The van der Waals surface area contributed by atoms with Gasteiger partial charge in [-0.25, -0.2) is 0 Å². The maximum atomic E-state index is 8.45. The summed E-state index contributed by atoms with van der Waals surface area (Å²) in [5, 5.41) is 8.82. The van der Waals surface area contributed by atoms with Gasteiger partial charge < -0.3 is 0 Å². The van der Waals surface area contributed by atoms with Crippen molar-refractivity contribution in [1.29, 1.82) is 5.26 Å². The smallest absolute Gasteiger partial charge is 0.100 e. The number of nitrogens with zero attached hydrogens (tertiary/aromatic N) is 1. The predicted molar refractivity (Wildman–Crippen MR) is 52.7 cm³/mol. The highest BCUT2D eigenvalue weighted by Crippen LogP contribution is 2.17. The van der Waals surface area contributed by atoms with E-state index < -0.39 is 0 Å².